The molecule has 0 aliphatic carbocycles. The molecule has 2 heterocycles. The van der Waals surface area contributed by atoms with Gasteiger partial charge in [-0.3, -0.25) is 0 Å². The molecule has 0 amide bonds. The zero-order chi connectivity index (χ0) is 39.3. The molecule has 0 bridgehead atoms. The van der Waals surface area contributed by atoms with Gasteiger partial charge in [-0.2, -0.15) is 0 Å². The molecule has 2 nitrogen and oxygen atoms in total. The van der Waals surface area contributed by atoms with Crippen molar-refractivity contribution in [3.63, 3.8) is 0 Å². The average Bonchev–Trinajstić information content (AvgIpc) is 3.31. The molecule has 11 aromatic rings. The summed E-state index contributed by atoms with van der Waals surface area (Å²) in [6, 6.07) is 74.6. The zero-order valence-corrected chi connectivity index (χ0v) is 32.4. The van der Waals surface area contributed by atoms with Crippen molar-refractivity contribution in [2.75, 3.05) is 0 Å². The summed E-state index contributed by atoms with van der Waals surface area (Å²) in [7, 11) is 0. The minimum Gasteiger partial charge on any atom is -0.456 e. The Kier molecular flexibility index (Phi) is 7.05. The molecule has 60 heavy (non-hydrogen) atoms. The van der Waals surface area contributed by atoms with E-state index in [2.05, 4.69) is 200 Å². The number of ether oxygens (including phenoxy) is 2. The van der Waals surface area contributed by atoms with E-state index in [1.54, 1.807) is 0 Å². The van der Waals surface area contributed by atoms with Gasteiger partial charge in [0.15, 0.2) is 0 Å². The number of para-hydroxylation sites is 1. The Labute approximate surface area is 347 Å². The highest BCUT2D eigenvalue weighted by molar-refractivity contribution is 6.23. The van der Waals surface area contributed by atoms with E-state index in [9.17, 15) is 0 Å². The monoisotopic (exact) mass is 762 g/mol. The summed E-state index contributed by atoms with van der Waals surface area (Å²) in [5.74, 6) is 3.58. The lowest BCUT2D eigenvalue weighted by molar-refractivity contribution is 0.487. The van der Waals surface area contributed by atoms with Gasteiger partial charge in [0.25, 0.3) is 0 Å². The summed E-state index contributed by atoms with van der Waals surface area (Å²) in [6.45, 7) is 0. The van der Waals surface area contributed by atoms with E-state index >= 15 is 0 Å². The van der Waals surface area contributed by atoms with Crippen LogP contribution in [0.5, 0.6) is 23.0 Å². The summed E-state index contributed by atoms with van der Waals surface area (Å²) in [4.78, 5) is 0. The molecular formula is C58H34O2. The first-order valence-corrected chi connectivity index (χ1v) is 20.6. The number of hydrogen-bond acceptors (Lipinski definition) is 2. The van der Waals surface area contributed by atoms with Gasteiger partial charge in [-0.1, -0.05) is 164 Å². The standard InChI is InChI=1S/C58H34O2/c1-3-12-35(13-4-1)55-48-29-26-40(41-30-31-46-42-18-7-8-21-51(42)59-53-23-11-20-44(41)58(46)53)33-50(48)56(36-14-5-2-6-15-36)47-28-25-38(32-49(47)55)39-24-27-43-45-19-9-16-37-17-10-22-52(57(37)45)60-54(43)34-39/h1-34H. The maximum atomic E-state index is 6.63. The van der Waals surface area contributed by atoms with E-state index in [0.717, 1.165) is 50.6 Å². The van der Waals surface area contributed by atoms with E-state index in [-0.39, 0.29) is 0 Å². The van der Waals surface area contributed by atoms with E-state index in [0.29, 0.717) is 0 Å². The van der Waals surface area contributed by atoms with Crippen LogP contribution in [0.2, 0.25) is 0 Å². The van der Waals surface area contributed by atoms with Crippen molar-refractivity contribution >= 4 is 43.1 Å². The second-order valence-electron chi connectivity index (χ2n) is 15.9. The van der Waals surface area contributed by atoms with Crippen molar-refractivity contribution in [2.24, 2.45) is 0 Å². The van der Waals surface area contributed by atoms with Crippen LogP contribution in [0, 0.1) is 0 Å². The molecule has 0 atom stereocenters. The van der Waals surface area contributed by atoms with Gasteiger partial charge in [-0.15, -0.1) is 0 Å². The van der Waals surface area contributed by atoms with Gasteiger partial charge in [0, 0.05) is 21.9 Å². The van der Waals surface area contributed by atoms with Gasteiger partial charge in [-0.25, -0.2) is 0 Å². The Morgan fingerprint density at radius 1 is 0.233 bits per heavy atom. The summed E-state index contributed by atoms with van der Waals surface area (Å²) in [5.41, 5.74) is 14.1. The fourth-order valence-electron chi connectivity index (χ4n) is 9.98. The molecule has 0 spiro atoms. The summed E-state index contributed by atoms with van der Waals surface area (Å²) in [6.07, 6.45) is 0. The third kappa shape index (κ3) is 4.88. The maximum absolute atomic E-state index is 6.63. The number of benzene rings is 11. The van der Waals surface area contributed by atoms with E-state index in [4.69, 9.17) is 9.47 Å². The van der Waals surface area contributed by atoms with Crippen LogP contribution in [-0.4, -0.2) is 0 Å². The molecule has 0 saturated carbocycles. The van der Waals surface area contributed by atoms with E-state index in [1.165, 1.54) is 82.2 Å². The Morgan fingerprint density at radius 2 is 0.733 bits per heavy atom. The van der Waals surface area contributed by atoms with E-state index in [1.807, 2.05) is 6.07 Å². The molecule has 13 rings (SSSR count). The van der Waals surface area contributed by atoms with Gasteiger partial charge in [0.05, 0.1) is 0 Å². The van der Waals surface area contributed by atoms with Crippen LogP contribution >= 0.6 is 0 Å². The fourth-order valence-corrected chi connectivity index (χ4v) is 9.98. The summed E-state index contributed by atoms with van der Waals surface area (Å²) < 4.78 is 13.1. The van der Waals surface area contributed by atoms with Gasteiger partial charge < -0.3 is 9.47 Å². The van der Waals surface area contributed by atoms with Crippen LogP contribution in [-0.2, 0) is 0 Å². The van der Waals surface area contributed by atoms with Gasteiger partial charge in [0.2, 0.25) is 0 Å². The predicted octanol–water partition coefficient (Wildman–Crippen LogP) is 16.5. The largest absolute Gasteiger partial charge is 0.456 e. The summed E-state index contributed by atoms with van der Waals surface area (Å²) >= 11 is 0. The topological polar surface area (TPSA) is 18.5 Å². The molecule has 0 saturated heterocycles. The first kappa shape index (κ1) is 33.1. The first-order valence-electron chi connectivity index (χ1n) is 20.6. The molecule has 0 aromatic heterocycles. The molecule has 0 fully saturated rings. The predicted molar refractivity (Wildman–Crippen MR) is 249 cm³/mol. The summed E-state index contributed by atoms with van der Waals surface area (Å²) in [5, 5.41) is 9.56. The lowest BCUT2D eigenvalue weighted by Gasteiger charge is -2.23. The molecule has 0 N–H and O–H groups in total. The Balaban J connectivity index is 1.05. The maximum Gasteiger partial charge on any atom is 0.135 e. The van der Waals surface area contributed by atoms with Crippen LogP contribution in [0.15, 0.2) is 206 Å². The normalized spacial score (nSPS) is 12.3. The SMILES string of the molecule is c1ccc(-c2c3ccc(-c4ccc5c6c(cccc46)Oc4ccccc4-5)cc3c(-c3ccccc3)c3ccc(-c4ccc5c(c4)Oc4cccc6cccc-5c46)cc23)cc1. The van der Waals surface area contributed by atoms with Gasteiger partial charge in [0.1, 0.15) is 23.0 Å². The smallest absolute Gasteiger partial charge is 0.135 e. The quantitative estimate of drug-likeness (QED) is 0.166. The Morgan fingerprint density at radius 3 is 1.50 bits per heavy atom. The van der Waals surface area contributed by atoms with Gasteiger partial charge in [-0.05, 0) is 130 Å². The van der Waals surface area contributed by atoms with Crippen molar-refractivity contribution in [1.29, 1.82) is 0 Å². The second-order valence-corrected chi connectivity index (χ2v) is 15.9. The number of rotatable bonds is 4. The fraction of sp³-hybridized carbons (Fsp3) is 0. The molecule has 0 radical (unpaired) electrons. The molecular weight excluding hydrogens is 729 g/mol. The Hall–Kier alpha value is -7.94. The van der Waals surface area contributed by atoms with Crippen molar-refractivity contribution in [3.05, 3.63) is 206 Å². The molecule has 2 heteroatoms. The van der Waals surface area contributed by atoms with Crippen LogP contribution in [0.4, 0.5) is 0 Å². The average molecular weight is 763 g/mol. The zero-order valence-electron chi connectivity index (χ0n) is 32.4. The first-order chi connectivity index (χ1) is 29.7. The third-order valence-electron chi connectivity index (χ3n) is 12.6. The van der Waals surface area contributed by atoms with Crippen molar-refractivity contribution < 1.29 is 9.47 Å². The molecule has 2 aliphatic rings. The van der Waals surface area contributed by atoms with Crippen molar-refractivity contribution in [3.8, 4) is 89.8 Å². The lowest BCUT2D eigenvalue weighted by atomic mass is 9.83. The number of fused-ring (bicyclic) bond motifs is 6. The van der Waals surface area contributed by atoms with Crippen LogP contribution in [0.25, 0.3) is 110 Å². The lowest BCUT2D eigenvalue weighted by Crippen LogP contribution is -1.98. The molecule has 11 aromatic carbocycles. The van der Waals surface area contributed by atoms with Crippen LogP contribution in [0.3, 0.4) is 0 Å². The van der Waals surface area contributed by atoms with Crippen molar-refractivity contribution in [1.82, 2.24) is 0 Å². The highest BCUT2D eigenvalue weighted by Gasteiger charge is 2.24. The highest BCUT2D eigenvalue weighted by atomic mass is 16.5. The third-order valence-corrected chi connectivity index (χ3v) is 12.6. The molecule has 0 unspecified atom stereocenters. The molecule has 2 aliphatic heterocycles. The van der Waals surface area contributed by atoms with Crippen LogP contribution < -0.4 is 9.47 Å². The van der Waals surface area contributed by atoms with Gasteiger partial charge >= 0.3 is 0 Å². The highest BCUT2D eigenvalue weighted by Crippen LogP contribution is 2.51. The number of hydrogen-bond donors (Lipinski definition) is 0. The van der Waals surface area contributed by atoms with Crippen molar-refractivity contribution in [2.45, 2.75) is 0 Å². The second kappa shape index (κ2) is 12.8. The minimum atomic E-state index is 0.882. The van der Waals surface area contributed by atoms with Crippen LogP contribution in [0.1, 0.15) is 0 Å². The van der Waals surface area contributed by atoms with E-state index < -0.39 is 0 Å². The molecule has 278 valence electrons. The Bertz CT molecular complexity index is 3580. The minimum absolute atomic E-state index is 0.882.